The second kappa shape index (κ2) is 6.20. The Morgan fingerprint density at radius 1 is 1.15 bits per heavy atom. The molecule has 20 heavy (non-hydrogen) atoms. The minimum absolute atomic E-state index is 0.0934. The molecule has 0 bridgehead atoms. The van der Waals surface area contributed by atoms with E-state index in [9.17, 15) is 10.2 Å². The molecule has 108 valence electrons. The number of benzene rings is 1. The minimum atomic E-state index is -0.657. The Balaban J connectivity index is 2.31. The zero-order valence-electron chi connectivity index (χ0n) is 12.1. The van der Waals surface area contributed by atoms with Crippen LogP contribution in [0.15, 0.2) is 36.7 Å². The van der Waals surface area contributed by atoms with Gasteiger partial charge in [0.1, 0.15) is 0 Å². The van der Waals surface area contributed by atoms with Crippen molar-refractivity contribution in [1.29, 1.82) is 0 Å². The number of nitrogens with zero attached hydrogens (tertiary/aromatic N) is 2. The molecule has 0 spiro atoms. The summed E-state index contributed by atoms with van der Waals surface area (Å²) in [4.78, 5) is 0. The monoisotopic (exact) mass is 274 g/mol. The highest BCUT2D eigenvalue weighted by atomic mass is 16.3. The molecule has 2 N–H and O–H groups in total. The van der Waals surface area contributed by atoms with Crippen molar-refractivity contribution in [1.82, 2.24) is 9.78 Å². The van der Waals surface area contributed by atoms with Gasteiger partial charge in [0.15, 0.2) is 0 Å². The topological polar surface area (TPSA) is 58.3 Å². The summed E-state index contributed by atoms with van der Waals surface area (Å²) in [5.41, 5.74) is 2.49. The first-order valence-electron chi connectivity index (χ1n) is 6.94. The standard InChI is InChI=1S/C16H22N2O2/c1-3-18-10-14(9-17-18)8-16(11-19,12-20)15-6-4-13(2)5-7-15/h4-7,9-10,19-20H,3,8,11-12H2,1-2H3. The maximum absolute atomic E-state index is 9.84. The molecule has 2 rings (SSSR count). The van der Waals surface area contributed by atoms with Crippen molar-refractivity contribution in [3.8, 4) is 0 Å². The summed E-state index contributed by atoms with van der Waals surface area (Å²) < 4.78 is 1.85. The Labute approximate surface area is 119 Å². The van der Waals surface area contributed by atoms with E-state index < -0.39 is 5.41 Å². The van der Waals surface area contributed by atoms with E-state index in [1.165, 1.54) is 0 Å². The Hall–Kier alpha value is -1.65. The summed E-state index contributed by atoms with van der Waals surface area (Å²) >= 11 is 0. The molecule has 0 unspecified atom stereocenters. The van der Waals surface area contributed by atoms with Gasteiger partial charge in [-0.1, -0.05) is 29.8 Å². The van der Waals surface area contributed by atoms with Crippen LogP contribution in [0.3, 0.4) is 0 Å². The Bertz CT molecular complexity index is 542. The van der Waals surface area contributed by atoms with Gasteiger partial charge in [0, 0.05) is 18.2 Å². The summed E-state index contributed by atoms with van der Waals surface area (Å²) in [6, 6.07) is 7.97. The van der Waals surface area contributed by atoms with Gasteiger partial charge in [0.2, 0.25) is 0 Å². The first-order chi connectivity index (χ1) is 9.63. The molecular weight excluding hydrogens is 252 g/mol. The van der Waals surface area contributed by atoms with Crippen molar-refractivity contribution < 1.29 is 10.2 Å². The van der Waals surface area contributed by atoms with Gasteiger partial charge >= 0.3 is 0 Å². The van der Waals surface area contributed by atoms with Gasteiger partial charge < -0.3 is 10.2 Å². The van der Waals surface area contributed by atoms with Crippen LogP contribution in [0, 0.1) is 6.92 Å². The van der Waals surface area contributed by atoms with Crippen LogP contribution in [0.5, 0.6) is 0 Å². The van der Waals surface area contributed by atoms with E-state index in [2.05, 4.69) is 5.10 Å². The number of aromatic nitrogens is 2. The molecule has 0 atom stereocenters. The summed E-state index contributed by atoms with van der Waals surface area (Å²) in [5.74, 6) is 0. The number of rotatable bonds is 6. The van der Waals surface area contributed by atoms with Crippen LogP contribution in [-0.4, -0.2) is 33.2 Å². The molecule has 2 aromatic rings. The van der Waals surface area contributed by atoms with E-state index in [1.807, 2.05) is 49.0 Å². The third-order valence-corrected chi connectivity index (χ3v) is 3.82. The predicted molar refractivity (Wildman–Crippen MR) is 78.6 cm³/mol. The SMILES string of the molecule is CCn1cc(CC(CO)(CO)c2ccc(C)cc2)cn1. The number of aryl methyl sites for hydroxylation is 2. The molecule has 0 amide bonds. The zero-order chi connectivity index (χ0) is 14.6. The fourth-order valence-electron chi connectivity index (χ4n) is 2.41. The van der Waals surface area contributed by atoms with E-state index in [0.717, 1.165) is 23.2 Å². The molecule has 1 aromatic heterocycles. The first kappa shape index (κ1) is 14.8. The smallest absolute Gasteiger partial charge is 0.0553 e. The highest BCUT2D eigenvalue weighted by Crippen LogP contribution is 2.28. The van der Waals surface area contributed by atoms with Gasteiger partial charge in [-0.3, -0.25) is 4.68 Å². The van der Waals surface area contributed by atoms with Crippen LogP contribution in [-0.2, 0) is 18.4 Å². The molecule has 0 radical (unpaired) electrons. The highest BCUT2D eigenvalue weighted by molar-refractivity contribution is 5.31. The molecule has 0 fully saturated rings. The van der Waals surface area contributed by atoms with Gasteiger partial charge in [-0.2, -0.15) is 5.10 Å². The maximum atomic E-state index is 9.84. The summed E-state index contributed by atoms with van der Waals surface area (Å²) in [6.07, 6.45) is 4.34. The maximum Gasteiger partial charge on any atom is 0.0553 e. The van der Waals surface area contributed by atoms with Crippen LogP contribution in [0.25, 0.3) is 0 Å². The molecular formula is C16H22N2O2. The van der Waals surface area contributed by atoms with Crippen molar-refractivity contribution in [2.24, 2.45) is 0 Å². The average Bonchev–Trinajstić information content (AvgIpc) is 2.93. The van der Waals surface area contributed by atoms with E-state index in [1.54, 1.807) is 6.20 Å². The molecule has 1 aromatic carbocycles. The number of hydrogen-bond acceptors (Lipinski definition) is 3. The van der Waals surface area contributed by atoms with E-state index >= 15 is 0 Å². The third kappa shape index (κ3) is 2.92. The lowest BCUT2D eigenvalue weighted by Crippen LogP contribution is -2.37. The Morgan fingerprint density at radius 2 is 1.80 bits per heavy atom. The Morgan fingerprint density at radius 3 is 2.30 bits per heavy atom. The quantitative estimate of drug-likeness (QED) is 0.842. The van der Waals surface area contributed by atoms with Crippen LogP contribution in [0.4, 0.5) is 0 Å². The average molecular weight is 274 g/mol. The highest BCUT2D eigenvalue weighted by Gasteiger charge is 2.31. The van der Waals surface area contributed by atoms with Gasteiger partial charge in [-0.25, -0.2) is 0 Å². The fourth-order valence-corrected chi connectivity index (χ4v) is 2.41. The lowest BCUT2D eigenvalue weighted by molar-refractivity contribution is 0.116. The van der Waals surface area contributed by atoms with Gasteiger partial charge in [-0.15, -0.1) is 0 Å². The van der Waals surface area contributed by atoms with E-state index in [0.29, 0.717) is 6.42 Å². The molecule has 0 aliphatic rings. The van der Waals surface area contributed by atoms with Crippen molar-refractivity contribution >= 4 is 0 Å². The lowest BCUT2D eigenvalue weighted by atomic mass is 9.77. The number of aliphatic hydroxyl groups is 2. The van der Waals surface area contributed by atoms with E-state index in [4.69, 9.17) is 0 Å². The summed E-state index contributed by atoms with van der Waals surface area (Å²) in [6.45, 7) is 4.68. The van der Waals surface area contributed by atoms with Crippen LogP contribution in [0.1, 0.15) is 23.6 Å². The first-order valence-corrected chi connectivity index (χ1v) is 6.94. The number of hydrogen-bond donors (Lipinski definition) is 2. The van der Waals surface area contributed by atoms with Gasteiger partial charge in [0.05, 0.1) is 19.4 Å². The predicted octanol–water partition coefficient (Wildman–Crippen LogP) is 1.68. The molecule has 0 saturated carbocycles. The zero-order valence-corrected chi connectivity index (χ0v) is 12.1. The van der Waals surface area contributed by atoms with Crippen molar-refractivity contribution in [2.45, 2.75) is 32.2 Å². The summed E-state index contributed by atoms with van der Waals surface area (Å²) in [7, 11) is 0. The molecule has 0 aliphatic heterocycles. The molecule has 1 heterocycles. The van der Waals surface area contributed by atoms with Crippen LogP contribution >= 0.6 is 0 Å². The van der Waals surface area contributed by atoms with Gasteiger partial charge in [0.25, 0.3) is 0 Å². The van der Waals surface area contributed by atoms with Crippen molar-refractivity contribution in [3.63, 3.8) is 0 Å². The molecule has 4 nitrogen and oxygen atoms in total. The Kier molecular flexibility index (Phi) is 4.57. The largest absolute Gasteiger partial charge is 0.395 e. The van der Waals surface area contributed by atoms with Crippen molar-refractivity contribution in [2.75, 3.05) is 13.2 Å². The normalized spacial score (nSPS) is 11.8. The summed E-state index contributed by atoms with van der Waals surface area (Å²) in [5, 5.41) is 23.9. The lowest BCUT2D eigenvalue weighted by Gasteiger charge is -2.30. The molecule has 4 heteroatoms. The van der Waals surface area contributed by atoms with E-state index in [-0.39, 0.29) is 13.2 Å². The molecule has 0 saturated heterocycles. The van der Waals surface area contributed by atoms with Gasteiger partial charge in [-0.05, 0) is 31.4 Å². The second-order valence-electron chi connectivity index (χ2n) is 5.34. The second-order valence-corrected chi connectivity index (χ2v) is 5.34. The molecule has 0 aliphatic carbocycles. The third-order valence-electron chi connectivity index (χ3n) is 3.82. The number of aliphatic hydroxyl groups excluding tert-OH is 2. The minimum Gasteiger partial charge on any atom is -0.395 e. The van der Waals surface area contributed by atoms with Crippen molar-refractivity contribution in [3.05, 3.63) is 53.3 Å². The van der Waals surface area contributed by atoms with Crippen LogP contribution < -0.4 is 0 Å². The fraction of sp³-hybridized carbons (Fsp3) is 0.438. The van der Waals surface area contributed by atoms with Crippen LogP contribution in [0.2, 0.25) is 0 Å².